The standard InChI is InChI=1S/C21H26N4O5S2/c1-6-25(11-7-10-22)19-12-15(2)18(14-20(19)30-3)24-23-17-9-8-16(31(4,26)27)13-21(17)32(5,28)29/h8-9,12-14H,6-7,11H2,1-5H3. The Kier molecular flexibility index (Phi) is 7.98. The summed E-state index contributed by atoms with van der Waals surface area (Å²) in [5.74, 6) is 0.542. The van der Waals surface area contributed by atoms with E-state index in [4.69, 9.17) is 10.00 Å². The number of hydrogen-bond acceptors (Lipinski definition) is 9. The molecule has 2 rings (SSSR count). The van der Waals surface area contributed by atoms with Gasteiger partial charge in [0.25, 0.3) is 0 Å². The van der Waals surface area contributed by atoms with Crippen molar-refractivity contribution in [2.45, 2.75) is 30.1 Å². The van der Waals surface area contributed by atoms with Crippen LogP contribution in [0.2, 0.25) is 0 Å². The molecule has 0 aliphatic carbocycles. The number of rotatable bonds is 9. The van der Waals surface area contributed by atoms with Gasteiger partial charge in [0, 0.05) is 31.7 Å². The number of nitriles is 1. The van der Waals surface area contributed by atoms with Crippen LogP contribution in [-0.2, 0) is 19.7 Å². The van der Waals surface area contributed by atoms with Crippen LogP contribution in [0.5, 0.6) is 5.75 Å². The van der Waals surface area contributed by atoms with Gasteiger partial charge in [0.1, 0.15) is 11.4 Å². The van der Waals surface area contributed by atoms with E-state index < -0.39 is 19.7 Å². The highest BCUT2D eigenvalue weighted by Gasteiger charge is 2.19. The zero-order valence-electron chi connectivity index (χ0n) is 18.7. The lowest BCUT2D eigenvalue weighted by Crippen LogP contribution is -2.24. The van der Waals surface area contributed by atoms with Gasteiger partial charge in [-0.15, -0.1) is 5.11 Å². The summed E-state index contributed by atoms with van der Waals surface area (Å²) in [4.78, 5) is 1.68. The predicted octanol–water partition coefficient (Wildman–Crippen LogP) is 3.97. The van der Waals surface area contributed by atoms with Crippen LogP contribution < -0.4 is 9.64 Å². The maximum Gasteiger partial charge on any atom is 0.177 e. The van der Waals surface area contributed by atoms with Crippen LogP contribution >= 0.6 is 0 Å². The Bertz CT molecular complexity index is 1280. The van der Waals surface area contributed by atoms with Crippen molar-refractivity contribution in [3.8, 4) is 11.8 Å². The minimum absolute atomic E-state index is 0.0338. The van der Waals surface area contributed by atoms with E-state index in [1.54, 1.807) is 6.07 Å². The molecule has 0 N–H and O–H groups in total. The first-order valence-electron chi connectivity index (χ1n) is 9.68. The van der Waals surface area contributed by atoms with Crippen molar-refractivity contribution in [1.29, 1.82) is 5.26 Å². The summed E-state index contributed by atoms with van der Waals surface area (Å²) in [7, 11) is -5.81. The highest BCUT2D eigenvalue weighted by atomic mass is 32.2. The first-order valence-corrected chi connectivity index (χ1v) is 13.5. The number of nitrogens with zero attached hydrogens (tertiary/aromatic N) is 4. The summed E-state index contributed by atoms with van der Waals surface area (Å²) in [5, 5.41) is 17.2. The number of anilines is 1. The Balaban J connectivity index is 2.53. The minimum atomic E-state index is -3.75. The zero-order chi connectivity index (χ0) is 24.1. The van der Waals surface area contributed by atoms with Gasteiger partial charge in [-0.1, -0.05) is 0 Å². The third-order valence-corrected chi connectivity index (χ3v) is 6.97. The van der Waals surface area contributed by atoms with Gasteiger partial charge < -0.3 is 9.64 Å². The molecule has 0 aliphatic rings. The molecule has 0 aromatic heterocycles. The Hall–Kier alpha value is -2.97. The Labute approximate surface area is 189 Å². The van der Waals surface area contributed by atoms with Crippen molar-refractivity contribution in [3.05, 3.63) is 35.9 Å². The molecule has 32 heavy (non-hydrogen) atoms. The largest absolute Gasteiger partial charge is 0.495 e. The SMILES string of the molecule is CCN(CCC#N)c1cc(C)c(N=Nc2ccc(S(C)(=O)=O)cc2S(C)(=O)=O)cc1OC. The molecule has 0 fully saturated rings. The van der Waals surface area contributed by atoms with E-state index in [1.807, 2.05) is 24.8 Å². The fraction of sp³-hybridized carbons (Fsp3) is 0.381. The molecular formula is C21H26N4O5S2. The molecule has 172 valence electrons. The Morgan fingerprint density at radius 3 is 2.22 bits per heavy atom. The van der Waals surface area contributed by atoms with Crippen LogP contribution in [0.25, 0.3) is 0 Å². The second kappa shape index (κ2) is 10.1. The maximum absolute atomic E-state index is 12.2. The molecule has 0 unspecified atom stereocenters. The van der Waals surface area contributed by atoms with Gasteiger partial charge in [0.2, 0.25) is 0 Å². The molecule has 0 saturated carbocycles. The van der Waals surface area contributed by atoms with E-state index in [2.05, 4.69) is 16.3 Å². The summed E-state index contributed by atoms with van der Waals surface area (Å²) in [6.45, 7) is 5.04. The number of benzene rings is 2. The molecule has 0 spiro atoms. The molecule has 0 aliphatic heterocycles. The number of hydrogen-bond donors (Lipinski definition) is 0. The van der Waals surface area contributed by atoms with Crippen molar-refractivity contribution in [2.75, 3.05) is 37.6 Å². The lowest BCUT2D eigenvalue weighted by Gasteiger charge is -2.24. The number of azo groups is 1. The second-order valence-electron chi connectivity index (χ2n) is 7.17. The summed E-state index contributed by atoms with van der Waals surface area (Å²) < 4.78 is 53.5. The van der Waals surface area contributed by atoms with E-state index in [9.17, 15) is 16.8 Å². The summed E-state index contributed by atoms with van der Waals surface area (Å²) in [5.41, 5.74) is 2.09. The fourth-order valence-electron chi connectivity index (χ4n) is 3.03. The van der Waals surface area contributed by atoms with Crippen LogP contribution in [0.3, 0.4) is 0 Å². The highest BCUT2D eigenvalue weighted by molar-refractivity contribution is 7.91. The summed E-state index contributed by atoms with van der Waals surface area (Å²) in [6, 6.07) is 9.39. The number of sulfone groups is 2. The van der Waals surface area contributed by atoms with Crippen LogP contribution in [0.4, 0.5) is 17.1 Å². The molecule has 2 aromatic rings. The number of aryl methyl sites for hydroxylation is 1. The van der Waals surface area contributed by atoms with E-state index in [-0.39, 0.29) is 15.5 Å². The van der Waals surface area contributed by atoms with Crippen LogP contribution in [0.1, 0.15) is 18.9 Å². The molecule has 0 saturated heterocycles. The van der Waals surface area contributed by atoms with Crippen LogP contribution in [-0.4, -0.2) is 49.5 Å². The number of methoxy groups -OCH3 is 1. The van der Waals surface area contributed by atoms with E-state index >= 15 is 0 Å². The molecular weight excluding hydrogens is 452 g/mol. The number of ether oxygens (including phenoxy) is 1. The smallest absolute Gasteiger partial charge is 0.177 e. The topological polar surface area (TPSA) is 129 Å². The lowest BCUT2D eigenvalue weighted by atomic mass is 10.1. The average molecular weight is 479 g/mol. The average Bonchev–Trinajstić information content (AvgIpc) is 2.72. The molecule has 9 nitrogen and oxygen atoms in total. The summed E-state index contributed by atoms with van der Waals surface area (Å²) in [6.07, 6.45) is 2.36. The highest BCUT2D eigenvalue weighted by Crippen LogP contribution is 2.37. The first kappa shape index (κ1) is 25.3. The lowest BCUT2D eigenvalue weighted by molar-refractivity contribution is 0.414. The van der Waals surface area contributed by atoms with Gasteiger partial charge in [-0.3, -0.25) is 0 Å². The maximum atomic E-state index is 12.2. The van der Waals surface area contributed by atoms with Crippen molar-refractivity contribution < 1.29 is 21.6 Å². The molecule has 11 heteroatoms. The van der Waals surface area contributed by atoms with Gasteiger partial charge in [0.15, 0.2) is 19.7 Å². The second-order valence-corrected chi connectivity index (χ2v) is 11.2. The Morgan fingerprint density at radius 2 is 1.69 bits per heavy atom. The van der Waals surface area contributed by atoms with Crippen LogP contribution in [0.15, 0.2) is 50.4 Å². The zero-order valence-corrected chi connectivity index (χ0v) is 20.3. The normalized spacial score (nSPS) is 12.0. The molecule has 0 atom stereocenters. The fourth-order valence-corrected chi connectivity index (χ4v) is 4.58. The molecule has 2 aromatic carbocycles. The third kappa shape index (κ3) is 6.05. The molecule has 0 amide bonds. The Morgan fingerprint density at radius 1 is 1.03 bits per heavy atom. The first-order chi connectivity index (χ1) is 14.9. The van der Waals surface area contributed by atoms with E-state index in [0.29, 0.717) is 30.9 Å². The van der Waals surface area contributed by atoms with Gasteiger partial charge in [-0.25, -0.2) is 16.8 Å². The summed E-state index contributed by atoms with van der Waals surface area (Å²) >= 11 is 0. The van der Waals surface area contributed by atoms with E-state index in [1.165, 1.54) is 19.2 Å². The van der Waals surface area contributed by atoms with Crippen molar-refractivity contribution in [2.24, 2.45) is 10.2 Å². The van der Waals surface area contributed by atoms with Crippen molar-refractivity contribution in [1.82, 2.24) is 0 Å². The van der Waals surface area contributed by atoms with E-state index in [0.717, 1.165) is 29.8 Å². The van der Waals surface area contributed by atoms with Gasteiger partial charge in [0.05, 0.1) is 40.8 Å². The predicted molar refractivity (Wildman–Crippen MR) is 123 cm³/mol. The third-order valence-electron chi connectivity index (χ3n) is 4.74. The van der Waals surface area contributed by atoms with Gasteiger partial charge >= 0.3 is 0 Å². The quantitative estimate of drug-likeness (QED) is 0.499. The molecule has 0 heterocycles. The molecule has 0 bridgehead atoms. The minimum Gasteiger partial charge on any atom is -0.495 e. The van der Waals surface area contributed by atoms with Crippen LogP contribution in [0, 0.1) is 18.3 Å². The van der Waals surface area contributed by atoms with Crippen molar-refractivity contribution in [3.63, 3.8) is 0 Å². The van der Waals surface area contributed by atoms with Gasteiger partial charge in [-0.2, -0.15) is 10.4 Å². The monoisotopic (exact) mass is 478 g/mol. The molecule has 0 radical (unpaired) electrons. The van der Waals surface area contributed by atoms with Crippen molar-refractivity contribution >= 4 is 36.7 Å². The van der Waals surface area contributed by atoms with Gasteiger partial charge in [-0.05, 0) is 43.7 Å².